The van der Waals surface area contributed by atoms with Crippen LogP contribution >= 0.6 is 0 Å². The van der Waals surface area contributed by atoms with Crippen LogP contribution in [0.15, 0.2) is 0 Å². The molecule has 0 bridgehead atoms. The molecular weight excluding hydrogens is 200 g/mol. The number of ether oxygens (including phenoxy) is 1. The van der Waals surface area contributed by atoms with Gasteiger partial charge in [0.05, 0.1) is 13.0 Å². The zero-order chi connectivity index (χ0) is 11.1. The molecule has 0 rings (SSSR count). The molecule has 0 N–H and O–H groups in total. The second-order valence-corrected chi connectivity index (χ2v) is 5.17. The van der Waals surface area contributed by atoms with Crippen molar-refractivity contribution < 1.29 is 13.7 Å². The number of methoxy groups -OCH3 is 1. The molecule has 2 unspecified atom stereocenters. The summed E-state index contributed by atoms with van der Waals surface area (Å²) in [6.07, 6.45) is 1.80. The third-order valence-corrected chi connectivity index (χ3v) is 4.54. The Hall–Kier alpha value is -0.380. The number of hydrogen-bond acceptors (Lipinski definition) is 3. The Kier molecular flexibility index (Phi) is 6.79. The highest BCUT2D eigenvalue weighted by Crippen LogP contribution is 2.11. The van der Waals surface area contributed by atoms with Crippen LogP contribution in [0.2, 0.25) is 0 Å². The minimum Gasteiger partial charge on any atom is -0.469 e. The molecule has 0 saturated heterocycles. The monoisotopic (exact) mass is 220 g/mol. The fourth-order valence-electron chi connectivity index (χ4n) is 1.31. The highest BCUT2D eigenvalue weighted by Gasteiger charge is 2.20. The second-order valence-electron chi connectivity index (χ2n) is 3.41. The van der Waals surface area contributed by atoms with Crippen LogP contribution in [0.5, 0.6) is 0 Å². The standard InChI is InChI=1S/C10H20O3S/c1-5-9(6-2)14(12)7-8(3)10(11)13-4/h8-9H,5-7H2,1-4H3. The molecule has 0 aliphatic heterocycles. The Bertz CT molecular complexity index is 200. The summed E-state index contributed by atoms with van der Waals surface area (Å²) < 4.78 is 16.3. The molecule has 0 saturated carbocycles. The molecule has 0 amide bonds. The predicted molar refractivity (Wildman–Crippen MR) is 58.6 cm³/mol. The first-order chi connectivity index (χ1) is 6.56. The Balaban J connectivity index is 4.10. The lowest BCUT2D eigenvalue weighted by Crippen LogP contribution is -2.25. The first-order valence-corrected chi connectivity index (χ1v) is 6.39. The van der Waals surface area contributed by atoms with Crippen LogP contribution in [0, 0.1) is 5.92 Å². The van der Waals surface area contributed by atoms with Gasteiger partial charge in [-0.1, -0.05) is 20.8 Å². The molecule has 84 valence electrons. The number of carbonyl (C=O) groups excluding carboxylic acids is 1. The van der Waals surface area contributed by atoms with Crippen molar-refractivity contribution >= 4 is 16.8 Å². The summed E-state index contributed by atoms with van der Waals surface area (Å²) in [4.78, 5) is 11.1. The Morgan fingerprint density at radius 3 is 2.21 bits per heavy atom. The SMILES string of the molecule is CCC(CC)S(=O)CC(C)C(=O)OC. The van der Waals surface area contributed by atoms with E-state index in [1.807, 2.05) is 13.8 Å². The number of carbonyl (C=O) groups is 1. The molecule has 0 aliphatic rings. The number of hydrogen-bond donors (Lipinski definition) is 0. The molecule has 2 atom stereocenters. The van der Waals surface area contributed by atoms with Crippen molar-refractivity contribution in [2.45, 2.75) is 38.9 Å². The maximum Gasteiger partial charge on any atom is 0.309 e. The molecular formula is C10H20O3S. The molecule has 4 heteroatoms. The van der Waals surface area contributed by atoms with E-state index >= 15 is 0 Å². The Labute approximate surface area is 88.7 Å². The van der Waals surface area contributed by atoms with Crippen molar-refractivity contribution in [3.8, 4) is 0 Å². The Morgan fingerprint density at radius 2 is 1.86 bits per heavy atom. The number of rotatable bonds is 6. The smallest absolute Gasteiger partial charge is 0.309 e. The molecule has 14 heavy (non-hydrogen) atoms. The van der Waals surface area contributed by atoms with E-state index in [9.17, 15) is 9.00 Å². The minimum atomic E-state index is -0.911. The molecule has 3 nitrogen and oxygen atoms in total. The highest BCUT2D eigenvalue weighted by molar-refractivity contribution is 7.85. The van der Waals surface area contributed by atoms with Crippen molar-refractivity contribution in [1.82, 2.24) is 0 Å². The largest absolute Gasteiger partial charge is 0.469 e. The van der Waals surface area contributed by atoms with Gasteiger partial charge in [0, 0.05) is 21.8 Å². The van der Waals surface area contributed by atoms with Crippen molar-refractivity contribution in [2.75, 3.05) is 12.9 Å². The van der Waals surface area contributed by atoms with Crippen LogP contribution in [0.3, 0.4) is 0 Å². The van der Waals surface area contributed by atoms with Gasteiger partial charge in [0.15, 0.2) is 0 Å². The van der Waals surface area contributed by atoms with E-state index in [2.05, 4.69) is 4.74 Å². The molecule has 0 aromatic rings. The van der Waals surface area contributed by atoms with E-state index in [-0.39, 0.29) is 17.1 Å². The summed E-state index contributed by atoms with van der Waals surface area (Å²) in [5, 5.41) is 0.210. The van der Waals surface area contributed by atoms with Crippen LogP contribution in [-0.2, 0) is 20.3 Å². The van der Waals surface area contributed by atoms with Crippen molar-refractivity contribution in [3.63, 3.8) is 0 Å². The normalized spacial score (nSPS) is 15.2. The minimum absolute atomic E-state index is 0.210. The molecule has 0 heterocycles. The number of esters is 1. The molecule has 0 aliphatic carbocycles. The zero-order valence-electron chi connectivity index (χ0n) is 9.41. The van der Waals surface area contributed by atoms with Crippen molar-refractivity contribution in [2.24, 2.45) is 5.92 Å². The maximum absolute atomic E-state index is 11.7. The Morgan fingerprint density at radius 1 is 1.36 bits per heavy atom. The van der Waals surface area contributed by atoms with Crippen LogP contribution in [0.1, 0.15) is 33.6 Å². The topological polar surface area (TPSA) is 43.4 Å². The van der Waals surface area contributed by atoms with Gasteiger partial charge in [-0.05, 0) is 12.8 Å². The molecule has 0 fully saturated rings. The fraction of sp³-hybridized carbons (Fsp3) is 0.900. The van der Waals surface area contributed by atoms with Gasteiger partial charge < -0.3 is 4.74 Å². The van der Waals surface area contributed by atoms with E-state index in [0.29, 0.717) is 5.75 Å². The first kappa shape index (κ1) is 13.6. The third-order valence-electron chi connectivity index (χ3n) is 2.30. The summed E-state index contributed by atoms with van der Waals surface area (Å²) in [6.45, 7) is 5.80. The summed E-state index contributed by atoms with van der Waals surface area (Å²) in [5.74, 6) is -0.121. The van der Waals surface area contributed by atoms with E-state index in [0.717, 1.165) is 12.8 Å². The van der Waals surface area contributed by atoms with Gasteiger partial charge in [0.1, 0.15) is 0 Å². The van der Waals surface area contributed by atoms with Crippen LogP contribution in [0.25, 0.3) is 0 Å². The third kappa shape index (κ3) is 4.22. The maximum atomic E-state index is 11.7. The van der Waals surface area contributed by atoms with Gasteiger partial charge in [-0.25, -0.2) is 0 Å². The van der Waals surface area contributed by atoms with Crippen molar-refractivity contribution in [1.29, 1.82) is 0 Å². The average Bonchev–Trinajstić information content (AvgIpc) is 2.18. The van der Waals surface area contributed by atoms with E-state index in [4.69, 9.17) is 0 Å². The second kappa shape index (κ2) is 6.98. The summed E-state index contributed by atoms with van der Waals surface area (Å²) >= 11 is 0. The van der Waals surface area contributed by atoms with E-state index in [1.165, 1.54) is 7.11 Å². The molecule has 0 spiro atoms. The van der Waals surface area contributed by atoms with Gasteiger partial charge in [0.2, 0.25) is 0 Å². The van der Waals surface area contributed by atoms with Crippen molar-refractivity contribution in [3.05, 3.63) is 0 Å². The summed E-state index contributed by atoms with van der Waals surface area (Å²) in [7, 11) is 0.449. The highest BCUT2D eigenvalue weighted by atomic mass is 32.2. The zero-order valence-corrected chi connectivity index (χ0v) is 10.2. The van der Waals surface area contributed by atoms with Gasteiger partial charge in [-0.15, -0.1) is 0 Å². The lowest BCUT2D eigenvalue weighted by atomic mass is 10.2. The molecule has 0 aromatic heterocycles. The van der Waals surface area contributed by atoms with Crippen LogP contribution in [0.4, 0.5) is 0 Å². The van der Waals surface area contributed by atoms with Gasteiger partial charge in [-0.2, -0.15) is 0 Å². The molecule has 0 aromatic carbocycles. The van der Waals surface area contributed by atoms with Crippen LogP contribution < -0.4 is 0 Å². The molecule has 0 radical (unpaired) electrons. The lowest BCUT2D eigenvalue weighted by Gasteiger charge is -2.14. The fourth-order valence-corrected chi connectivity index (χ4v) is 2.96. The van der Waals surface area contributed by atoms with Gasteiger partial charge in [0.25, 0.3) is 0 Å². The quantitative estimate of drug-likeness (QED) is 0.640. The van der Waals surface area contributed by atoms with E-state index in [1.54, 1.807) is 6.92 Å². The van der Waals surface area contributed by atoms with Gasteiger partial charge in [-0.3, -0.25) is 9.00 Å². The first-order valence-electron chi connectivity index (χ1n) is 5.01. The predicted octanol–water partition coefficient (Wildman–Crippen LogP) is 1.73. The van der Waals surface area contributed by atoms with Crippen LogP contribution in [-0.4, -0.2) is 28.3 Å². The summed E-state index contributed by atoms with van der Waals surface area (Å²) in [5.41, 5.74) is 0. The average molecular weight is 220 g/mol. The van der Waals surface area contributed by atoms with Gasteiger partial charge >= 0.3 is 5.97 Å². The summed E-state index contributed by atoms with van der Waals surface area (Å²) in [6, 6.07) is 0. The van der Waals surface area contributed by atoms with E-state index < -0.39 is 10.8 Å². The lowest BCUT2D eigenvalue weighted by molar-refractivity contribution is -0.144.